The molecule has 226 valence electrons. The molecule has 1 saturated heterocycles. The molecule has 0 unspecified atom stereocenters. The topological polar surface area (TPSA) is 118 Å². The predicted octanol–water partition coefficient (Wildman–Crippen LogP) is 5.50. The number of hydrogen-bond donors (Lipinski definition) is 2. The van der Waals surface area contributed by atoms with E-state index in [1.807, 2.05) is 41.3 Å². The third-order valence-electron chi connectivity index (χ3n) is 7.42. The summed E-state index contributed by atoms with van der Waals surface area (Å²) in [5.41, 5.74) is 3.47. The molecule has 1 aliphatic heterocycles. The summed E-state index contributed by atoms with van der Waals surface area (Å²) in [6, 6.07) is 26.4. The summed E-state index contributed by atoms with van der Waals surface area (Å²) in [4.78, 5) is 22.4. The number of nitrogens with zero attached hydrogens (tertiary/aromatic N) is 3. The molecule has 3 aromatic carbocycles. The van der Waals surface area contributed by atoms with Gasteiger partial charge in [0.05, 0.1) is 18.1 Å². The zero-order valence-corrected chi connectivity index (χ0v) is 26.0. The number of urea groups is 1. The lowest BCUT2D eigenvalue weighted by molar-refractivity contribution is 0.0351. The molecule has 0 atom stereocenters. The monoisotopic (exact) mass is 639 g/mol. The molecule has 1 aromatic heterocycles. The zero-order valence-electron chi connectivity index (χ0n) is 23.6. The second-order valence-corrected chi connectivity index (χ2v) is 13.4. The molecule has 12 heteroatoms. The molecule has 0 bridgehead atoms. The fourth-order valence-electron chi connectivity index (χ4n) is 5.09. The Kier molecular flexibility index (Phi) is 10.4. The number of nitrogens with one attached hydrogen (secondary N) is 1. The molecule has 43 heavy (non-hydrogen) atoms. The first-order chi connectivity index (χ1) is 20.8. The molecule has 5 rings (SSSR count). The number of anilines is 1. The van der Waals surface area contributed by atoms with Crippen molar-refractivity contribution in [3.63, 3.8) is 0 Å². The van der Waals surface area contributed by atoms with Crippen molar-refractivity contribution in [1.29, 1.82) is 0 Å². The minimum absolute atomic E-state index is 0.00338. The first-order valence-electron chi connectivity index (χ1n) is 14.0. The van der Waals surface area contributed by atoms with E-state index >= 15 is 0 Å². The first kappa shape index (κ1) is 31.1. The Labute approximate surface area is 261 Å². The van der Waals surface area contributed by atoms with Crippen molar-refractivity contribution in [3.05, 3.63) is 100 Å². The standard InChI is InChI=1S/C31H34ClN5O4S2/c32-29-28(25-11-13-26(14-12-25)43(33,39)40)34-30(42-29)35-31(38)37(18-17-36-19-21-41-22-20-36)16-15-27(23-7-3-1-4-8-23)24-9-5-2-6-10-24/h1-14,27H,15-22H2,(H2,33,39,40)(H,34,35,38). The number of thiazole rings is 1. The number of carbonyl (C=O) groups is 1. The summed E-state index contributed by atoms with van der Waals surface area (Å²) < 4.78 is 29.1. The maximum Gasteiger partial charge on any atom is 0.323 e. The van der Waals surface area contributed by atoms with Gasteiger partial charge in [-0.05, 0) is 29.7 Å². The molecule has 0 radical (unpaired) electrons. The van der Waals surface area contributed by atoms with Crippen molar-refractivity contribution in [2.24, 2.45) is 5.14 Å². The van der Waals surface area contributed by atoms with Gasteiger partial charge in [0.25, 0.3) is 0 Å². The van der Waals surface area contributed by atoms with Crippen LogP contribution in [0.5, 0.6) is 0 Å². The van der Waals surface area contributed by atoms with Gasteiger partial charge < -0.3 is 9.64 Å². The van der Waals surface area contributed by atoms with Crippen molar-refractivity contribution in [1.82, 2.24) is 14.8 Å². The summed E-state index contributed by atoms with van der Waals surface area (Å²) in [6.45, 7) is 4.86. The Morgan fingerprint density at radius 2 is 1.58 bits per heavy atom. The largest absolute Gasteiger partial charge is 0.379 e. The SMILES string of the molecule is NS(=O)(=O)c1ccc(-c2nc(NC(=O)N(CCC(c3ccccc3)c3ccccc3)CCN3CCOCC3)sc2Cl)cc1. The number of morpholine rings is 1. The van der Waals surface area contributed by atoms with Crippen LogP contribution in [0.1, 0.15) is 23.5 Å². The molecule has 4 aromatic rings. The second kappa shape index (κ2) is 14.4. The first-order valence-corrected chi connectivity index (χ1v) is 16.8. The van der Waals surface area contributed by atoms with Crippen LogP contribution in [0.3, 0.4) is 0 Å². The van der Waals surface area contributed by atoms with E-state index in [9.17, 15) is 13.2 Å². The molecule has 1 aliphatic rings. The van der Waals surface area contributed by atoms with Crippen molar-refractivity contribution in [2.75, 3.05) is 51.3 Å². The molecule has 9 nitrogen and oxygen atoms in total. The van der Waals surface area contributed by atoms with E-state index in [2.05, 4.69) is 39.5 Å². The van der Waals surface area contributed by atoms with Crippen LogP contribution < -0.4 is 10.5 Å². The molecule has 0 saturated carbocycles. The summed E-state index contributed by atoms with van der Waals surface area (Å²) in [5.74, 6) is 0.127. The Bertz CT molecular complexity index is 1560. The highest BCUT2D eigenvalue weighted by molar-refractivity contribution is 7.89. The number of primary sulfonamides is 1. The van der Waals surface area contributed by atoms with Crippen LogP contribution in [-0.4, -0.2) is 75.2 Å². The van der Waals surface area contributed by atoms with Gasteiger partial charge in [-0.1, -0.05) is 95.7 Å². The molecular formula is C31H34ClN5O4S2. The summed E-state index contributed by atoms with van der Waals surface area (Å²) in [5, 5.41) is 8.53. The highest BCUT2D eigenvalue weighted by atomic mass is 35.5. The van der Waals surface area contributed by atoms with Gasteiger partial charge in [0.15, 0.2) is 5.13 Å². The summed E-state index contributed by atoms with van der Waals surface area (Å²) in [6.07, 6.45) is 0.741. The van der Waals surface area contributed by atoms with Gasteiger partial charge in [0, 0.05) is 44.2 Å². The van der Waals surface area contributed by atoms with Crippen LogP contribution in [0, 0.1) is 0 Å². The van der Waals surface area contributed by atoms with E-state index in [1.54, 1.807) is 12.1 Å². The number of hydrogen-bond acceptors (Lipinski definition) is 7. The van der Waals surface area contributed by atoms with Crippen molar-refractivity contribution >= 4 is 44.1 Å². The molecule has 1 fully saturated rings. The number of halogens is 1. The Hall–Kier alpha value is -3.32. The van der Waals surface area contributed by atoms with Crippen molar-refractivity contribution in [3.8, 4) is 11.3 Å². The van der Waals surface area contributed by atoms with Gasteiger partial charge in [-0.3, -0.25) is 10.2 Å². The number of aromatic nitrogens is 1. The maximum atomic E-state index is 13.7. The lowest BCUT2D eigenvalue weighted by Gasteiger charge is -2.31. The molecule has 0 aliphatic carbocycles. The van der Waals surface area contributed by atoms with Gasteiger partial charge in [0.1, 0.15) is 10.0 Å². The van der Waals surface area contributed by atoms with Crippen LogP contribution in [-0.2, 0) is 14.8 Å². The number of amides is 2. The normalized spacial score (nSPS) is 14.1. The third kappa shape index (κ3) is 8.41. The number of ether oxygens (including phenoxy) is 1. The summed E-state index contributed by atoms with van der Waals surface area (Å²) in [7, 11) is -3.82. The molecule has 3 N–H and O–H groups in total. The number of sulfonamides is 1. The van der Waals surface area contributed by atoms with Crippen LogP contribution in [0.15, 0.2) is 89.8 Å². The van der Waals surface area contributed by atoms with Gasteiger partial charge in [-0.15, -0.1) is 0 Å². The maximum absolute atomic E-state index is 13.7. The van der Waals surface area contributed by atoms with Gasteiger partial charge >= 0.3 is 6.03 Å². The second-order valence-electron chi connectivity index (χ2n) is 10.2. The quantitative estimate of drug-likeness (QED) is 0.224. The molecule has 2 heterocycles. The molecule has 0 spiro atoms. The van der Waals surface area contributed by atoms with Crippen LogP contribution >= 0.6 is 22.9 Å². The van der Waals surface area contributed by atoms with Crippen LogP contribution in [0.2, 0.25) is 4.34 Å². The van der Waals surface area contributed by atoms with Crippen LogP contribution in [0.4, 0.5) is 9.93 Å². The predicted molar refractivity (Wildman–Crippen MR) is 171 cm³/mol. The highest BCUT2D eigenvalue weighted by Gasteiger charge is 2.22. The van der Waals surface area contributed by atoms with Crippen molar-refractivity contribution in [2.45, 2.75) is 17.2 Å². The highest BCUT2D eigenvalue weighted by Crippen LogP contribution is 2.36. The smallest absolute Gasteiger partial charge is 0.323 e. The minimum Gasteiger partial charge on any atom is -0.379 e. The molecule has 2 amide bonds. The number of benzene rings is 3. The van der Waals surface area contributed by atoms with E-state index in [1.165, 1.54) is 23.3 Å². The van der Waals surface area contributed by atoms with E-state index in [-0.39, 0.29) is 16.8 Å². The van der Waals surface area contributed by atoms with Crippen molar-refractivity contribution < 1.29 is 17.9 Å². The average Bonchev–Trinajstić information content (AvgIpc) is 3.39. The van der Waals surface area contributed by atoms with E-state index in [4.69, 9.17) is 21.5 Å². The molecular weight excluding hydrogens is 606 g/mol. The lowest BCUT2D eigenvalue weighted by Crippen LogP contribution is -2.44. The van der Waals surface area contributed by atoms with Gasteiger partial charge in [-0.2, -0.15) is 0 Å². The Morgan fingerprint density at radius 3 is 2.16 bits per heavy atom. The van der Waals surface area contributed by atoms with Gasteiger partial charge in [-0.25, -0.2) is 23.3 Å². The number of carbonyl (C=O) groups excluding carboxylic acids is 1. The fraction of sp³-hybridized carbons (Fsp3) is 0.290. The van der Waals surface area contributed by atoms with Crippen LogP contribution in [0.25, 0.3) is 11.3 Å². The average molecular weight is 640 g/mol. The number of rotatable bonds is 11. The Balaban J connectivity index is 1.33. The Morgan fingerprint density at radius 1 is 0.977 bits per heavy atom. The van der Waals surface area contributed by atoms with E-state index in [0.29, 0.717) is 47.0 Å². The van der Waals surface area contributed by atoms with E-state index < -0.39 is 10.0 Å². The summed E-state index contributed by atoms with van der Waals surface area (Å²) >= 11 is 7.66. The van der Waals surface area contributed by atoms with Gasteiger partial charge in [0.2, 0.25) is 10.0 Å². The lowest BCUT2D eigenvalue weighted by atomic mass is 9.88. The fourth-order valence-corrected chi connectivity index (χ4v) is 6.68. The zero-order chi connectivity index (χ0) is 30.2. The minimum atomic E-state index is -3.82. The number of nitrogens with two attached hydrogens (primary N) is 1. The van der Waals surface area contributed by atoms with E-state index in [0.717, 1.165) is 37.4 Å². The third-order valence-corrected chi connectivity index (χ3v) is 9.52.